The minimum Gasteiger partial charge on any atom is -0.439 e. The molecule has 1 saturated heterocycles. The Morgan fingerprint density at radius 2 is 2.09 bits per heavy atom. The molecule has 0 atom stereocenters. The summed E-state index contributed by atoms with van der Waals surface area (Å²) >= 11 is 5.95. The first kappa shape index (κ1) is 15.7. The van der Waals surface area contributed by atoms with Crippen molar-refractivity contribution in [2.75, 3.05) is 32.4 Å². The van der Waals surface area contributed by atoms with Crippen LogP contribution < -0.4 is 0 Å². The molecule has 0 bridgehead atoms. The van der Waals surface area contributed by atoms with E-state index in [2.05, 4.69) is 9.88 Å². The van der Waals surface area contributed by atoms with Crippen molar-refractivity contribution in [1.82, 2.24) is 14.2 Å². The lowest BCUT2D eigenvalue weighted by molar-refractivity contribution is 0.253. The maximum atomic E-state index is 11.6. The van der Waals surface area contributed by atoms with Crippen LogP contribution in [0.4, 0.5) is 0 Å². The minimum atomic E-state index is -3.12. The third-order valence-electron chi connectivity index (χ3n) is 3.77. The number of rotatable bonds is 3. The van der Waals surface area contributed by atoms with Gasteiger partial charge in [-0.25, -0.2) is 17.7 Å². The summed E-state index contributed by atoms with van der Waals surface area (Å²) in [6.45, 7) is 3.14. The molecule has 0 aliphatic carbocycles. The van der Waals surface area contributed by atoms with Gasteiger partial charge in [0.05, 0.1) is 12.8 Å². The Labute approximate surface area is 134 Å². The number of hydrogen-bond acceptors (Lipinski definition) is 5. The molecule has 0 N–H and O–H groups in total. The van der Waals surface area contributed by atoms with Crippen molar-refractivity contribution in [3.8, 4) is 0 Å². The van der Waals surface area contributed by atoms with Gasteiger partial charge in [0.15, 0.2) is 5.58 Å². The van der Waals surface area contributed by atoms with Crippen molar-refractivity contribution < 1.29 is 12.8 Å². The summed E-state index contributed by atoms with van der Waals surface area (Å²) in [5, 5.41) is 0.630. The SMILES string of the molecule is CS(=O)(=O)N1CCCN(Cc2nc3cc(Cl)ccc3o2)CC1. The number of benzene rings is 1. The van der Waals surface area contributed by atoms with E-state index in [0.29, 0.717) is 42.7 Å². The van der Waals surface area contributed by atoms with E-state index in [9.17, 15) is 8.42 Å². The average Bonchev–Trinajstić information content (AvgIpc) is 2.65. The summed E-state index contributed by atoms with van der Waals surface area (Å²) in [4.78, 5) is 6.61. The van der Waals surface area contributed by atoms with Crippen LogP contribution in [0, 0.1) is 0 Å². The van der Waals surface area contributed by atoms with Crippen LogP contribution in [0.1, 0.15) is 12.3 Å². The second kappa shape index (κ2) is 6.16. The van der Waals surface area contributed by atoms with Gasteiger partial charge < -0.3 is 4.42 Å². The first-order valence-electron chi connectivity index (χ1n) is 7.14. The Balaban J connectivity index is 1.69. The summed E-state index contributed by atoms with van der Waals surface area (Å²) in [5.74, 6) is 0.630. The highest BCUT2D eigenvalue weighted by Crippen LogP contribution is 2.21. The van der Waals surface area contributed by atoms with Gasteiger partial charge in [0.25, 0.3) is 0 Å². The highest BCUT2D eigenvalue weighted by molar-refractivity contribution is 7.88. The van der Waals surface area contributed by atoms with Gasteiger partial charge in [0.1, 0.15) is 5.52 Å². The zero-order chi connectivity index (χ0) is 15.7. The quantitative estimate of drug-likeness (QED) is 0.852. The van der Waals surface area contributed by atoms with Crippen molar-refractivity contribution in [3.63, 3.8) is 0 Å². The smallest absolute Gasteiger partial charge is 0.211 e. The van der Waals surface area contributed by atoms with E-state index in [1.807, 2.05) is 6.07 Å². The lowest BCUT2D eigenvalue weighted by Crippen LogP contribution is -2.34. The third kappa shape index (κ3) is 3.60. The third-order valence-corrected chi connectivity index (χ3v) is 5.31. The molecule has 0 amide bonds. The van der Waals surface area contributed by atoms with Crippen molar-refractivity contribution in [1.29, 1.82) is 0 Å². The van der Waals surface area contributed by atoms with Crippen LogP contribution in [0.25, 0.3) is 11.1 Å². The average molecular weight is 344 g/mol. The molecule has 2 heterocycles. The Hall–Kier alpha value is -1.15. The Bertz CT molecular complexity index is 775. The van der Waals surface area contributed by atoms with E-state index in [4.69, 9.17) is 16.0 Å². The van der Waals surface area contributed by atoms with E-state index in [1.54, 1.807) is 12.1 Å². The largest absolute Gasteiger partial charge is 0.439 e. The second-order valence-corrected chi connectivity index (χ2v) is 7.93. The summed E-state index contributed by atoms with van der Waals surface area (Å²) in [5.41, 5.74) is 1.46. The van der Waals surface area contributed by atoms with Gasteiger partial charge in [0, 0.05) is 24.7 Å². The maximum absolute atomic E-state index is 11.6. The van der Waals surface area contributed by atoms with Crippen molar-refractivity contribution in [3.05, 3.63) is 29.1 Å². The van der Waals surface area contributed by atoms with Crippen LogP contribution in [-0.2, 0) is 16.6 Å². The first-order chi connectivity index (χ1) is 10.4. The Morgan fingerprint density at radius 1 is 1.27 bits per heavy atom. The molecule has 0 radical (unpaired) electrons. The van der Waals surface area contributed by atoms with Crippen molar-refractivity contribution >= 4 is 32.7 Å². The van der Waals surface area contributed by atoms with E-state index in [1.165, 1.54) is 10.6 Å². The van der Waals surface area contributed by atoms with Crippen molar-refractivity contribution in [2.24, 2.45) is 0 Å². The van der Waals surface area contributed by atoms with E-state index >= 15 is 0 Å². The monoisotopic (exact) mass is 343 g/mol. The second-order valence-electron chi connectivity index (χ2n) is 5.51. The van der Waals surface area contributed by atoms with Gasteiger partial charge >= 0.3 is 0 Å². The number of sulfonamides is 1. The summed E-state index contributed by atoms with van der Waals surface area (Å²) in [6, 6.07) is 5.36. The molecule has 8 heteroatoms. The Kier molecular flexibility index (Phi) is 4.40. The molecule has 3 rings (SSSR count). The fraction of sp³-hybridized carbons (Fsp3) is 0.500. The van der Waals surface area contributed by atoms with Gasteiger partial charge in [-0.05, 0) is 31.2 Å². The highest BCUT2D eigenvalue weighted by atomic mass is 35.5. The lowest BCUT2D eigenvalue weighted by atomic mass is 10.3. The van der Waals surface area contributed by atoms with E-state index in [0.717, 1.165) is 18.5 Å². The first-order valence-corrected chi connectivity index (χ1v) is 9.37. The van der Waals surface area contributed by atoms with Gasteiger partial charge in [0.2, 0.25) is 15.9 Å². The summed E-state index contributed by atoms with van der Waals surface area (Å²) < 4.78 is 30.5. The molecule has 1 aromatic heterocycles. The van der Waals surface area contributed by atoms with E-state index in [-0.39, 0.29) is 0 Å². The zero-order valence-electron chi connectivity index (χ0n) is 12.3. The molecule has 120 valence electrons. The molecule has 1 aromatic carbocycles. The predicted molar refractivity (Wildman–Crippen MR) is 85.3 cm³/mol. The number of fused-ring (bicyclic) bond motifs is 1. The number of hydrogen-bond donors (Lipinski definition) is 0. The molecule has 2 aromatic rings. The minimum absolute atomic E-state index is 0.505. The molecule has 0 spiro atoms. The van der Waals surface area contributed by atoms with Gasteiger partial charge in [-0.2, -0.15) is 0 Å². The van der Waals surface area contributed by atoms with Crippen LogP contribution in [-0.4, -0.2) is 55.0 Å². The molecule has 0 saturated carbocycles. The highest BCUT2D eigenvalue weighted by Gasteiger charge is 2.22. The number of halogens is 1. The molecule has 6 nitrogen and oxygen atoms in total. The fourth-order valence-electron chi connectivity index (χ4n) is 2.64. The molecular weight excluding hydrogens is 326 g/mol. The molecule has 22 heavy (non-hydrogen) atoms. The molecule has 1 fully saturated rings. The van der Waals surface area contributed by atoms with Crippen LogP contribution in [0.15, 0.2) is 22.6 Å². The van der Waals surface area contributed by atoms with Crippen LogP contribution in [0.3, 0.4) is 0 Å². The topological polar surface area (TPSA) is 66.7 Å². The molecule has 1 aliphatic rings. The molecule has 0 unspecified atom stereocenters. The van der Waals surface area contributed by atoms with Crippen LogP contribution >= 0.6 is 11.6 Å². The summed E-state index contributed by atoms with van der Waals surface area (Å²) in [7, 11) is -3.12. The number of oxazole rings is 1. The summed E-state index contributed by atoms with van der Waals surface area (Å²) in [6.07, 6.45) is 2.06. The molecule has 1 aliphatic heterocycles. The van der Waals surface area contributed by atoms with Crippen LogP contribution in [0.5, 0.6) is 0 Å². The number of aromatic nitrogens is 1. The lowest BCUT2D eigenvalue weighted by Gasteiger charge is -2.19. The van der Waals surface area contributed by atoms with Gasteiger partial charge in [-0.1, -0.05) is 11.6 Å². The van der Waals surface area contributed by atoms with Gasteiger partial charge in [-0.3, -0.25) is 4.90 Å². The van der Waals surface area contributed by atoms with E-state index < -0.39 is 10.0 Å². The van der Waals surface area contributed by atoms with Crippen LogP contribution in [0.2, 0.25) is 5.02 Å². The number of nitrogens with zero attached hydrogens (tertiary/aromatic N) is 3. The normalized spacial score (nSPS) is 18.6. The van der Waals surface area contributed by atoms with Crippen molar-refractivity contribution in [2.45, 2.75) is 13.0 Å². The fourth-order valence-corrected chi connectivity index (χ4v) is 3.68. The maximum Gasteiger partial charge on any atom is 0.211 e. The van der Waals surface area contributed by atoms with Gasteiger partial charge in [-0.15, -0.1) is 0 Å². The predicted octanol–water partition coefficient (Wildman–Crippen LogP) is 1.95. The molecular formula is C14H18ClN3O3S. The zero-order valence-corrected chi connectivity index (χ0v) is 13.9. The Morgan fingerprint density at radius 3 is 2.86 bits per heavy atom. The standard InChI is InChI=1S/C14H18ClN3O3S/c1-22(19,20)18-6-2-5-17(7-8-18)10-14-16-12-9-11(15)3-4-13(12)21-14/h3-4,9H,2,5-8,10H2,1H3.